The van der Waals surface area contributed by atoms with Crippen LogP contribution in [-0.2, 0) is 6.18 Å². The van der Waals surface area contributed by atoms with Crippen LogP contribution in [0.5, 0.6) is 0 Å². The van der Waals surface area contributed by atoms with E-state index < -0.39 is 11.2 Å². The van der Waals surface area contributed by atoms with Crippen molar-refractivity contribution < 1.29 is 13.2 Å². The molecular weight excluding hydrogens is 261 g/mol. The van der Waals surface area contributed by atoms with Crippen LogP contribution in [0.2, 0.25) is 5.15 Å². The van der Waals surface area contributed by atoms with Crippen molar-refractivity contribution in [1.29, 1.82) is 0 Å². The predicted molar refractivity (Wildman–Crippen MR) is 55.4 cm³/mol. The molecule has 0 spiro atoms. The van der Waals surface area contributed by atoms with Gasteiger partial charge in [0.05, 0.1) is 10.6 Å². The van der Waals surface area contributed by atoms with Crippen LogP contribution in [-0.4, -0.2) is 9.97 Å². The van der Waals surface area contributed by atoms with Gasteiger partial charge in [0.1, 0.15) is 5.15 Å². The van der Waals surface area contributed by atoms with Crippen LogP contribution < -0.4 is 0 Å². The van der Waals surface area contributed by atoms with Crippen LogP contribution in [0.15, 0.2) is 24.4 Å². The summed E-state index contributed by atoms with van der Waals surface area (Å²) in [5.74, 6) is 0. The van der Waals surface area contributed by atoms with E-state index in [1.54, 1.807) is 18.2 Å². The van der Waals surface area contributed by atoms with Gasteiger partial charge in [-0.25, -0.2) is 9.97 Å². The largest absolute Gasteiger partial charge is 0.443 e. The molecule has 0 aliphatic rings. The minimum atomic E-state index is -4.42. The van der Waals surface area contributed by atoms with Gasteiger partial charge in [0.15, 0.2) is 5.01 Å². The fraction of sp³-hybridized carbons (Fsp3) is 0.111. The molecule has 0 aliphatic carbocycles. The maximum atomic E-state index is 12.3. The van der Waals surface area contributed by atoms with Crippen LogP contribution in [0.4, 0.5) is 13.2 Å². The second kappa shape index (κ2) is 4.03. The van der Waals surface area contributed by atoms with Crippen molar-refractivity contribution in [1.82, 2.24) is 9.97 Å². The number of hydrogen-bond acceptors (Lipinski definition) is 3. The molecule has 0 bridgehead atoms. The summed E-state index contributed by atoms with van der Waals surface area (Å²) in [4.78, 5) is 7.55. The lowest BCUT2D eigenvalue weighted by Crippen LogP contribution is -2.02. The molecule has 0 saturated carbocycles. The summed E-state index contributed by atoms with van der Waals surface area (Å²) in [5, 5.41) is -0.649. The number of rotatable bonds is 1. The van der Waals surface area contributed by atoms with Crippen LogP contribution in [0.3, 0.4) is 0 Å². The first-order chi connectivity index (χ1) is 7.47. The van der Waals surface area contributed by atoms with Crippen LogP contribution in [0, 0.1) is 0 Å². The van der Waals surface area contributed by atoms with E-state index in [0.717, 1.165) is 6.20 Å². The number of alkyl halides is 3. The van der Waals surface area contributed by atoms with E-state index in [2.05, 4.69) is 9.97 Å². The lowest BCUT2D eigenvalue weighted by atomic mass is 10.3. The zero-order chi connectivity index (χ0) is 11.8. The normalized spacial score (nSPS) is 11.8. The number of halogens is 4. The number of hydrogen-bond donors (Lipinski definition) is 0. The second-order valence-corrected chi connectivity index (χ2v) is 4.29. The summed E-state index contributed by atoms with van der Waals surface area (Å²) in [5.41, 5.74) is 0.389. The van der Waals surface area contributed by atoms with Crippen molar-refractivity contribution in [2.24, 2.45) is 0 Å². The smallest absolute Gasteiger partial charge is 0.240 e. The first kappa shape index (κ1) is 11.3. The fourth-order valence-electron chi connectivity index (χ4n) is 1.07. The predicted octanol–water partition coefficient (Wildman–Crippen LogP) is 3.88. The summed E-state index contributed by atoms with van der Waals surface area (Å²) in [6, 6.07) is 4.76. The van der Waals surface area contributed by atoms with E-state index in [4.69, 9.17) is 11.6 Å². The van der Waals surface area contributed by atoms with Gasteiger partial charge in [-0.15, -0.1) is 11.3 Å². The van der Waals surface area contributed by atoms with Gasteiger partial charge < -0.3 is 0 Å². The highest BCUT2D eigenvalue weighted by molar-refractivity contribution is 7.15. The Morgan fingerprint density at radius 3 is 2.56 bits per heavy atom. The van der Waals surface area contributed by atoms with Gasteiger partial charge in [-0.2, -0.15) is 13.2 Å². The molecule has 0 radical (unpaired) electrons. The van der Waals surface area contributed by atoms with Crippen LogP contribution >= 0.6 is 22.9 Å². The molecule has 0 N–H and O–H groups in total. The van der Waals surface area contributed by atoms with Crippen molar-refractivity contribution in [2.45, 2.75) is 6.18 Å². The van der Waals surface area contributed by atoms with Gasteiger partial charge in [0, 0.05) is 6.20 Å². The summed E-state index contributed by atoms with van der Waals surface area (Å²) in [6.45, 7) is 0. The maximum absolute atomic E-state index is 12.3. The molecule has 16 heavy (non-hydrogen) atoms. The van der Waals surface area contributed by atoms with Crippen LogP contribution in [0.25, 0.3) is 10.6 Å². The highest BCUT2D eigenvalue weighted by Crippen LogP contribution is 2.35. The Kier molecular flexibility index (Phi) is 2.86. The average Bonchev–Trinajstić information content (AvgIpc) is 2.65. The standard InChI is InChI=1S/C9H4ClF3N2S/c10-7-3-1-2-5(15-7)6-4-14-8(16-6)9(11,12)13/h1-4H. The fourth-order valence-corrected chi connectivity index (χ4v) is 1.99. The monoisotopic (exact) mass is 264 g/mol. The second-order valence-electron chi connectivity index (χ2n) is 2.87. The summed E-state index contributed by atoms with van der Waals surface area (Å²) in [6.07, 6.45) is -3.27. The Morgan fingerprint density at radius 1 is 1.25 bits per heavy atom. The van der Waals surface area contributed by atoms with Crippen molar-refractivity contribution >= 4 is 22.9 Å². The first-order valence-electron chi connectivity index (χ1n) is 4.13. The van der Waals surface area contributed by atoms with E-state index in [0.29, 0.717) is 21.9 Å². The molecular formula is C9H4ClF3N2S. The van der Waals surface area contributed by atoms with Gasteiger partial charge in [0.2, 0.25) is 0 Å². The molecule has 0 aliphatic heterocycles. The maximum Gasteiger partial charge on any atom is 0.443 e. The lowest BCUT2D eigenvalue weighted by molar-refractivity contribution is -0.137. The molecule has 84 valence electrons. The first-order valence-corrected chi connectivity index (χ1v) is 5.32. The molecule has 2 rings (SSSR count). The molecule has 0 atom stereocenters. The highest BCUT2D eigenvalue weighted by atomic mass is 35.5. The minimum Gasteiger partial charge on any atom is -0.240 e. The van der Waals surface area contributed by atoms with Crippen molar-refractivity contribution in [3.8, 4) is 10.6 Å². The van der Waals surface area contributed by atoms with Crippen molar-refractivity contribution in [3.05, 3.63) is 34.6 Å². The van der Waals surface area contributed by atoms with Gasteiger partial charge >= 0.3 is 6.18 Å². The molecule has 2 aromatic rings. The van der Waals surface area contributed by atoms with Crippen LogP contribution in [0.1, 0.15) is 5.01 Å². The van der Waals surface area contributed by atoms with Gasteiger partial charge in [0.25, 0.3) is 0 Å². The van der Waals surface area contributed by atoms with Gasteiger partial charge in [-0.05, 0) is 12.1 Å². The molecule has 2 nitrogen and oxygen atoms in total. The third-order valence-electron chi connectivity index (χ3n) is 1.72. The van der Waals surface area contributed by atoms with Crippen molar-refractivity contribution in [2.75, 3.05) is 0 Å². The summed E-state index contributed by atoms with van der Waals surface area (Å²) >= 11 is 6.19. The zero-order valence-corrected chi connectivity index (χ0v) is 9.20. The molecule has 0 saturated heterocycles. The Morgan fingerprint density at radius 2 is 2.00 bits per heavy atom. The molecule has 0 amide bonds. The number of thiazole rings is 1. The Bertz CT molecular complexity index is 509. The Balaban J connectivity index is 2.39. The topological polar surface area (TPSA) is 25.8 Å². The quantitative estimate of drug-likeness (QED) is 0.731. The SMILES string of the molecule is FC(F)(F)c1ncc(-c2cccc(Cl)n2)s1. The Hall–Kier alpha value is -1.14. The summed E-state index contributed by atoms with van der Waals surface area (Å²) in [7, 11) is 0. The van der Waals surface area contributed by atoms with Gasteiger partial charge in [-0.1, -0.05) is 17.7 Å². The van der Waals surface area contributed by atoms with E-state index in [1.807, 2.05) is 0 Å². The lowest BCUT2D eigenvalue weighted by Gasteiger charge is -1.99. The number of nitrogens with zero attached hydrogens (tertiary/aromatic N) is 2. The van der Waals surface area contributed by atoms with E-state index in [-0.39, 0.29) is 5.15 Å². The molecule has 0 fully saturated rings. The molecule has 2 heterocycles. The zero-order valence-electron chi connectivity index (χ0n) is 7.62. The third kappa shape index (κ3) is 2.33. The van der Waals surface area contributed by atoms with Gasteiger partial charge in [-0.3, -0.25) is 0 Å². The number of aromatic nitrogens is 2. The highest BCUT2D eigenvalue weighted by Gasteiger charge is 2.34. The Labute approximate surface area is 97.7 Å². The van der Waals surface area contributed by atoms with Crippen molar-refractivity contribution in [3.63, 3.8) is 0 Å². The van der Waals surface area contributed by atoms with E-state index in [1.165, 1.54) is 0 Å². The third-order valence-corrected chi connectivity index (χ3v) is 2.99. The molecule has 2 aromatic heterocycles. The molecule has 7 heteroatoms. The minimum absolute atomic E-state index is 0.236. The molecule has 0 unspecified atom stereocenters. The van der Waals surface area contributed by atoms with E-state index in [9.17, 15) is 13.2 Å². The van der Waals surface area contributed by atoms with E-state index >= 15 is 0 Å². The average molecular weight is 265 g/mol. The summed E-state index contributed by atoms with van der Waals surface area (Å²) < 4.78 is 36.9. The molecule has 0 aromatic carbocycles. The number of pyridine rings is 1.